The highest BCUT2D eigenvalue weighted by atomic mass is 32.1. The largest absolute Gasteiger partial charge is 0.506 e. The third-order valence-corrected chi connectivity index (χ3v) is 25.6. The molecule has 2 N–H and O–H groups in total. The van der Waals surface area contributed by atoms with Crippen LogP contribution in [0.4, 0.5) is 0 Å². The second-order valence-electron chi connectivity index (χ2n) is 12.7. The molecule has 0 spiro atoms. The maximum Gasteiger partial charge on any atom is 0.366 e. The van der Waals surface area contributed by atoms with Gasteiger partial charge in [-0.3, -0.25) is 9.13 Å². The highest BCUT2D eigenvalue weighted by Crippen LogP contribution is 2.71. The van der Waals surface area contributed by atoms with E-state index in [-0.39, 0.29) is 48.5 Å². The molecule has 2 unspecified atom stereocenters. The summed E-state index contributed by atoms with van der Waals surface area (Å²) < 4.78 is 56.8. The van der Waals surface area contributed by atoms with Gasteiger partial charge in [-0.05, 0) is 96.4 Å². The van der Waals surface area contributed by atoms with Crippen molar-refractivity contribution in [3.63, 3.8) is 0 Å². The van der Waals surface area contributed by atoms with Gasteiger partial charge in [0.25, 0.3) is 0 Å². The molecule has 8 rings (SSSR count). The highest BCUT2D eigenvalue weighted by molar-refractivity contribution is 7.73. The molecule has 2 atom stereocenters. The van der Waals surface area contributed by atoms with Crippen molar-refractivity contribution in [2.75, 3.05) is 26.4 Å². The molecule has 0 aliphatic rings. The second-order valence-corrected chi connectivity index (χ2v) is 27.0. The van der Waals surface area contributed by atoms with Gasteiger partial charge in [0.2, 0.25) is 0 Å². The summed E-state index contributed by atoms with van der Waals surface area (Å²) in [5.74, 6) is -0.333. The molecule has 0 bridgehead atoms. The van der Waals surface area contributed by atoms with Crippen LogP contribution in [0.5, 0.6) is 11.5 Å². The fraction of sp³-hybridized carbons (Fsp3) is 0.190. The van der Waals surface area contributed by atoms with Crippen LogP contribution in [0, 0.1) is 0 Å². The minimum absolute atomic E-state index is 0.0949. The Morgan fingerprint density at radius 3 is 1.12 bits per heavy atom. The van der Waals surface area contributed by atoms with E-state index in [1.165, 1.54) is 45.3 Å². The van der Waals surface area contributed by atoms with Gasteiger partial charge in [-0.1, -0.05) is 51.5 Å². The zero-order chi connectivity index (χ0) is 42.0. The van der Waals surface area contributed by atoms with Gasteiger partial charge in [-0.15, -0.1) is 68.0 Å². The molecule has 0 radical (unpaired) electrons. The lowest BCUT2D eigenvalue weighted by Crippen LogP contribution is -2.12. The number of hydrogen-bond donors (Lipinski definition) is 2. The fourth-order valence-electron chi connectivity index (χ4n) is 7.16. The molecule has 8 aromatic heterocycles. The third-order valence-electron chi connectivity index (χ3n) is 9.21. The maximum atomic E-state index is 15.3. The molecule has 0 amide bonds. The van der Waals surface area contributed by atoms with Crippen LogP contribution >= 0.6 is 98.3 Å². The molecule has 8 aromatic rings. The SMILES string of the molecule is CCOP(=O)(OCC)c1c(O)c(/C(=C(/c2cccs2)c2c(O)c(P(=O)(OCC)OCC)c(-c3cccs3)p2-c2cccs2)c2cccs2)p(-c2cccs2)c1-c1cccs1. The first-order valence-electron chi connectivity index (χ1n) is 18.9. The van der Waals surface area contributed by atoms with Crippen LogP contribution in [-0.2, 0) is 27.2 Å². The van der Waals surface area contributed by atoms with Crippen LogP contribution in [0.25, 0.3) is 40.7 Å². The van der Waals surface area contributed by atoms with Crippen LogP contribution in [0.2, 0.25) is 0 Å². The molecule has 0 aliphatic carbocycles. The van der Waals surface area contributed by atoms with Gasteiger partial charge in [0.05, 0.1) is 46.3 Å². The van der Waals surface area contributed by atoms with E-state index in [0.29, 0.717) is 32.3 Å². The van der Waals surface area contributed by atoms with E-state index in [4.69, 9.17) is 18.1 Å². The Morgan fingerprint density at radius 1 is 0.500 bits per heavy atom. The molecule has 312 valence electrons. The minimum atomic E-state index is -4.13. The molecular formula is C42H40O8P4S6. The Kier molecular flexibility index (Phi) is 14.0. The summed E-state index contributed by atoms with van der Waals surface area (Å²) in [4.78, 5) is 3.33. The lowest BCUT2D eigenvalue weighted by molar-refractivity contribution is 0.228. The maximum absolute atomic E-state index is 15.3. The van der Waals surface area contributed by atoms with E-state index in [0.717, 1.165) is 28.7 Å². The van der Waals surface area contributed by atoms with E-state index in [1.54, 1.807) is 50.4 Å². The first-order chi connectivity index (χ1) is 29.2. The van der Waals surface area contributed by atoms with Gasteiger partial charge in [-0.25, -0.2) is 0 Å². The Labute approximate surface area is 375 Å². The van der Waals surface area contributed by atoms with Crippen molar-refractivity contribution in [1.29, 1.82) is 0 Å². The average Bonchev–Trinajstić information content (AvgIpc) is 4.06. The molecule has 18 heteroatoms. The zero-order valence-corrected chi connectivity index (χ0v) is 41.3. The average molecular weight is 989 g/mol. The monoisotopic (exact) mass is 988 g/mol. The Balaban J connectivity index is 1.65. The van der Waals surface area contributed by atoms with Gasteiger partial charge >= 0.3 is 15.2 Å². The summed E-state index contributed by atoms with van der Waals surface area (Å²) in [5, 5.41) is 41.2. The number of thiophene rings is 6. The van der Waals surface area contributed by atoms with Gasteiger partial charge in [-0.2, -0.15) is 0 Å². The summed E-state index contributed by atoms with van der Waals surface area (Å²) in [5.41, 5.74) is 1.35. The lowest BCUT2D eigenvalue weighted by Gasteiger charge is -2.19. The number of rotatable bonds is 18. The quantitative estimate of drug-likeness (QED) is 0.0818. The molecule has 8 nitrogen and oxygen atoms in total. The topological polar surface area (TPSA) is 112 Å². The fourth-order valence-corrected chi connectivity index (χ4v) is 24.1. The first kappa shape index (κ1) is 44.0. The minimum Gasteiger partial charge on any atom is -0.506 e. The number of hydrogen-bond acceptors (Lipinski definition) is 14. The van der Waals surface area contributed by atoms with Crippen molar-refractivity contribution in [2.24, 2.45) is 0 Å². The standard InChI is InChI=1S/C42H40O8P4S6/c1-5-47-53(45,48-6-2)41-35(43)39(51(31-19-13-25-59-31)37(41)29-17-11-23-57-29)33(27-15-9-21-55-27)34(28-16-10-22-56-28)40-36(44)42(54(46,49-7-3)50-8-4)38(30-18-12-24-58-30)52(40)32-20-14-26-60-32/h9-26,43-44H,5-8H2,1-4H3/b34-33-. The van der Waals surface area contributed by atoms with Gasteiger partial charge in [0, 0.05) is 41.2 Å². The van der Waals surface area contributed by atoms with Crippen molar-refractivity contribution in [3.8, 4) is 41.1 Å². The first-order valence-corrected chi connectivity index (χ1v) is 30.0. The van der Waals surface area contributed by atoms with Crippen LogP contribution in [-0.4, -0.2) is 36.6 Å². The van der Waals surface area contributed by atoms with Gasteiger partial charge < -0.3 is 28.3 Å². The molecule has 0 aliphatic heterocycles. The normalized spacial score (nSPS) is 13.3. The smallest absolute Gasteiger partial charge is 0.366 e. The molecular weight excluding hydrogens is 949 g/mol. The van der Waals surface area contributed by atoms with E-state index in [1.807, 2.05) is 92.9 Å². The molecule has 0 saturated carbocycles. The van der Waals surface area contributed by atoms with Crippen molar-refractivity contribution in [3.05, 3.63) is 125 Å². The van der Waals surface area contributed by atoms with Crippen molar-refractivity contribution in [2.45, 2.75) is 27.7 Å². The molecule has 8 heterocycles. The summed E-state index contributed by atoms with van der Waals surface area (Å²) in [6.45, 7) is 7.45. The third kappa shape index (κ3) is 7.97. The summed E-state index contributed by atoms with van der Waals surface area (Å²) in [7, 11) is -11.5. The molecule has 0 fully saturated rings. The van der Waals surface area contributed by atoms with E-state index < -0.39 is 30.3 Å². The van der Waals surface area contributed by atoms with Crippen molar-refractivity contribution < 1.29 is 37.4 Å². The molecule has 0 aromatic carbocycles. The summed E-state index contributed by atoms with van der Waals surface area (Å²) in [6, 6.07) is 23.9. The van der Waals surface area contributed by atoms with Gasteiger partial charge in [0.15, 0.2) is 0 Å². The Hall–Kier alpha value is -2.60. The highest BCUT2D eigenvalue weighted by Gasteiger charge is 2.45. The summed E-state index contributed by atoms with van der Waals surface area (Å²) >= 11 is 9.17. The Bertz CT molecular complexity index is 2570. The molecule has 60 heavy (non-hydrogen) atoms. The van der Waals surface area contributed by atoms with Crippen LogP contribution in [0.3, 0.4) is 0 Å². The Morgan fingerprint density at radius 2 is 0.833 bits per heavy atom. The lowest BCUT2D eigenvalue weighted by atomic mass is 10.0. The molecule has 0 saturated heterocycles. The van der Waals surface area contributed by atoms with E-state index >= 15 is 9.13 Å². The van der Waals surface area contributed by atoms with Crippen LogP contribution in [0.1, 0.15) is 48.0 Å². The van der Waals surface area contributed by atoms with E-state index in [9.17, 15) is 10.2 Å². The van der Waals surface area contributed by atoms with E-state index in [2.05, 4.69) is 12.1 Å². The second kappa shape index (κ2) is 19.0. The van der Waals surface area contributed by atoms with Crippen LogP contribution in [0.15, 0.2) is 105 Å². The number of aromatic hydroxyl groups is 2. The predicted molar refractivity (Wildman–Crippen MR) is 261 cm³/mol. The zero-order valence-electron chi connectivity index (χ0n) is 32.8. The van der Waals surface area contributed by atoms with Crippen LogP contribution < -0.4 is 10.6 Å². The van der Waals surface area contributed by atoms with Crippen molar-refractivity contribution in [1.82, 2.24) is 0 Å². The van der Waals surface area contributed by atoms with Crippen molar-refractivity contribution >= 4 is 120 Å². The predicted octanol–water partition coefficient (Wildman–Crippen LogP) is 15.5. The summed E-state index contributed by atoms with van der Waals surface area (Å²) in [6.07, 6.45) is 0. The van der Waals surface area contributed by atoms with Gasteiger partial charge in [0.1, 0.15) is 22.1 Å².